The summed E-state index contributed by atoms with van der Waals surface area (Å²) in [5.41, 5.74) is 1.57. The molecule has 2 fully saturated rings. The molecule has 0 bridgehead atoms. The number of nitrogens with zero attached hydrogens (tertiary/aromatic N) is 3. The fraction of sp³-hybridized carbons (Fsp3) is 0.522. The summed E-state index contributed by atoms with van der Waals surface area (Å²) < 4.78 is 13.1. The molecule has 2 heterocycles. The van der Waals surface area contributed by atoms with E-state index in [4.69, 9.17) is 0 Å². The summed E-state index contributed by atoms with van der Waals surface area (Å²) in [7, 11) is 0. The normalized spacial score (nSPS) is 19.0. The van der Waals surface area contributed by atoms with Crippen molar-refractivity contribution >= 4 is 11.7 Å². The Labute approximate surface area is 171 Å². The van der Waals surface area contributed by atoms with Crippen LogP contribution in [-0.4, -0.2) is 35.2 Å². The molecule has 1 aromatic heterocycles. The van der Waals surface area contributed by atoms with Crippen LogP contribution in [0.15, 0.2) is 36.4 Å². The molecule has 6 heteroatoms. The summed E-state index contributed by atoms with van der Waals surface area (Å²) in [5.74, 6) is 0.901. The number of rotatable bonds is 4. The van der Waals surface area contributed by atoms with Crippen LogP contribution in [0.25, 0.3) is 11.3 Å². The number of hydrogen-bond donors (Lipinski definition) is 1. The van der Waals surface area contributed by atoms with Crippen molar-refractivity contribution in [2.45, 2.75) is 57.4 Å². The third kappa shape index (κ3) is 5.11. The quantitative estimate of drug-likeness (QED) is 0.781. The zero-order valence-corrected chi connectivity index (χ0v) is 16.8. The molecule has 1 N–H and O–H groups in total. The van der Waals surface area contributed by atoms with Crippen molar-refractivity contribution in [3.8, 4) is 11.3 Å². The van der Waals surface area contributed by atoms with Gasteiger partial charge in [-0.3, -0.25) is 4.79 Å². The van der Waals surface area contributed by atoms with Crippen LogP contribution in [-0.2, 0) is 4.79 Å². The standard InChI is InChI=1S/C23H29FN4O/c24-19-9-7-17(8-10-19)21-11-12-22(27-26-21)28-15-13-18(14-16-28)23(29)25-20-5-3-1-2-4-6-20/h7-12,18,20H,1-6,13-16H2,(H,25,29). The van der Waals surface area contributed by atoms with Crippen LogP contribution in [0.2, 0.25) is 0 Å². The Morgan fingerprint density at radius 3 is 2.21 bits per heavy atom. The summed E-state index contributed by atoms with van der Waals surface area (Å²) in [6, 6.07) is 10.5. The highest BCUT2D eigenvalue weighted by Gasteiger charge is 2.27. The number of aromatic nitrogens is 2. The third-order valence-corrected chi connectivity index (χ3v) is 6.18. The first kappa shape index (κ1) is 19.8. The first-order valence-electron chi connectivity index (χ1n) is 10.8. The van der Waals surface area contributed by atoms with E-state index < -0.39 is 0 Å². The molecule has 0 atom stereocenters. The number of piperidine rings is 1. The Morgan fingerprint density at radius 2 is 1.59 bits per heavy atom. The number of amides is 1. The van der Waals surface area contributed by atoms with E-state index in [1.165, 1.54) is 37.8 Å². The monoisotopic (exact) mass is 396 g/mol. The van der Waals surface area contributed by atoms with Gasteiger partial charge in [-0.25, -0.2) is 4.39 Å². The Kier molecular flexibility index (Phi) is 6.37. The second-order valence-electron chi connectivity index (χ2n) is 8.24. The van der Waals surface area contributed by atoms with Crippen molar-refractivity contribution < 1.29 is 9.18 Å². The number of nitrogens with one attached hydrogen (secondary N) is 1. The van der Waals surface area contributed by atoms with Crippen LogP contribution in [0.1, 0.15) is 51.4 Å². The van der Waals surface area contributed by atoms with Gasteiger partial charge in [0.15, 0.2) is 5.82 Å². The first-order valence-corrected chi connectivity index (χ1v) is 10.8. The van der Waals surface area contributed by atoms with Gasteiger partial charge >= 0.3 is 0 Å². The van der Waals surface area contributed by atoms with Crippen molar-refractivity contribution in [2.75, 3.05) is 18.0 Å². The number of carbonyl (C=O) groups excluding carboxylic acids is 1. The fourth-order valence-electron chi connectivity index (χ4n) is 4.38. The summed E-state index contributed by atoms with van der Waals surface area (Å²) in [6.07, 6.45) is 9.00. The van der Waals surface area contributed by atoms with E-state index in [2.05, 4.69) is 20.4 Å². The Morgan fingerprint density at radius 1 is 0.897 bits per heavy atom. The molecule has 2 aromatic rings. The second kappa shape index (κ2) is 9.33. The van der Waals surface area contributed by atoms with Crippen molar-refractivity contribution in [3.05, 3.63) is 42.2 Å². The molecule has 4 rings (SSSR count). The number of halogens is 1. The van der Waals surface area contributed by atoms with E-state index in [9.17, 15) is 9.18 Å². The van der Waals surface area contributed by atoms with E-state index in [0.29, 0.717) is 6.04 Å². The first-order chi connectivity index (χ1) is 14.2. The van der Waals surface area contributed by atoms with Crippen LogP contribution in [0.5, 0.6) is 0 Å². The molecule has 0 radical (unpaired) electrons. The molecule has 1 saturated carbocycles. The average Bonchev–Trinajstić information content (AvgIpc) is 3.03. The maximum atomic E-state index is 13.1. The SMILES string of the molecule is O=C(NC1CCCCCC1)C1CCN(c2ccc(-c3ccc(F)cc3)nn2)CC1. The van der Waals surface area contributed by atoms with Gasteiger partial charge in [0.25, 0.3) is 0 Å². The molecule has 1 aliphatic heterocycles. The van der Waals surface area contributed by atoms with Gasteiger partial charge in [0, 0.05) is 30.6 Å². The van der Waals surface area contributed by atoms with Crippen molar-refractivity contribution in [1.82, 2.24) is 15.5 Å². The topological polar surface area (TPSA) is 58.1 Å². The molecule has 1 aromatic carbocycles. The molecule has 29 heavy (non-hydrogen) atoms. The molecule has 1 aliphatic carbocycles. The summed E-state index contributed by atoms with van der Waals surface area (Å²) >= 11 is 0. The van der Waals surface area contributed by atoms with Gasteiger partial charge in [0.1, 0.15) is 5.82 Å². The van der Waals surface area contributed by atoms with E-state index >= 15 is 0 Å². The number of benzene rings is 1. The largest absolute Gasteiger partial charge is 0.355 e. The number of carbonyl (C=O) groups is 1. The Balaban J connectivity index is 1.30. The van der Waals surface area contributed by atoms with Crippen LogP contribution in [0.4, 0.5) is 10.2 Å². The van der Waals surface area contributed by atoms with Gasteiger partial charge in [0.05, 0.1) is 5.69 Å². The minimum Gasteiger partial charge on any atom is -0.355 e. The highest BCUT2D eigenvalue weighted by Crippen LogP contribution is 2.25. The van der Waals surface area contributed by atoms with E-state index in [1.54, 1.807) is 12.1 Å². The lowest BCUT2D eigenvalue weighted by Gasteiger charge is -2.32. The van der Waals surface area contributed by atoms with Gasteiger partial charge in [0.2, 0.25) is 5.91 Å². The van der Waals surface area contributed by atoms with Gasteiger partial charge in [-0.15, -0.1) is 10.2 Å². The zero-order chi connectivity index (χ0) is 20.1. The molecular formula is C23H29FN4O. The minimum absolute atomic E-state index is 0.0981. The van der Waals surface area contributed by atoms with Crippen LogP contribution in [0, 0.1) is 11.7 Å². The summed E-state index contributed by atoms with van der Waals surface area (Å²) in [5, 5.41) is 12.0. The smallest absolute Gasteiger partial charge is 0.223 e. The van der Waals surface area contributed by atoms with Gasteiger partial charge in [-0.2, -0.15) is 0 Å². The highest BCUT2D eigenvalue weighted by molar-refractivity contribution is 5.79. The summed E-state index contributed by atoms with van der Waals surface area (Å²) in [6.45, 7) is 1.63. The fourth-order valence-corrected chi connectivity index (χ4v) is 4.38. The Hall–Kier alpha value is -2.50. The molecule has 5 nitrogen and oxygen atoms in total. The van der Waals surface area contributed by atoms with E-state index in [0.717, 1.165) is 55.8 Å². The average molecular weight is 397 g/mol. The molecule has 1 amide bonds. The van der Waals surface area contributed by atoms with E-state index in [1.807, 2.05) is 12.1 Å². The number of anilines is 1. The highest BCUT2D eigenvalue weighted by atomic mass is 19.1. The van der Waals surface area contributed by atoms with Gasteiger partial charge in [-0.1, -0.05) is 25.7 Å². The second-order valence-corrected chi connectivity index (χ2v) is 8.24. The molecule has 154 valence electrons. The lowest BCUT2D eigenvalue weighted by Crippen LogP contribution is -2.44. The minimum atomic E-state index is -0.260. The molecule has 0 spiro atoms. The predicted molar refractivity (Wildman–Crippen MR) is 112 cm³/mol. The van der Waals surface area contributed by atoms with Crippen molar-refractivity contribution in [1.29, 1.82) is 0 Å². The molecule has 2 aliphatic rings. The van der Waals surface area contributed by atoms with Crippen LogP contribution >= 0.6 is 0 Å². The maximum absolute atomic E-state index is 13.1. The lowest BCUT2D eigenvalue weighted by atomic mass is 9.95. The van der Waals surface area contributed by atoms with Gasteiger partial charge in [-0.05, 0) is 62.1 Å². The van der Waals surface area contributed by atoms with E-state index in [-0.39, 0.29) is 17.6 Å². The number of hydrogen-bond acceptors (Lipinski definition) is 4. The Bertz CT molecular complexity index is 793. The van der Waals surface area contributed by atoms with Crippen molar-refractivity contribution in [2.24, 2.45) is 5.92 Å². The van der Waals surface area contributed by atoms with Gasteiger partial charge < -0.3 is 10.2 Å². The third-order valence-electron chi connectivity index (χ3n) is 6.18. The van der Waals surface area contributed by atoms with Crippen molar-refractivity contribution in [3.63, 3.8) is 0 Å². The molecular weight excluding hydrogens is 367 g/mol. The van der Waals surface area contributed by atoms with Crippen LogP contribution < -0.4 is 10.2 Å². The zero-order valence-electron chi connectivity index (χ0n) is 16.8. The summed E-state index contributed by atoms with van der Waals surface area (Å²) in [4.78, 5) is 14.9. The molecule has 1 saturated heterocycles. The lowest BCUT2D eigenvalue weighted by molar-refractivity contribution is -0.126. The predicted octanol–water partition coefficient (Wildman–Crippen LogP) is 4.34. The maximum Gasteiger partial charge on any atom is 0.223 e. The molecule has 0 unspecified atom stereocenters. The van der Waals surface area contributed by atoms with Crippen LogP contribution in [0.3, 0.4) is 0 Å².